The predicted octanol–water partition coefficient (Wildman–Crippen LogP) is 1.99. The summed E-state index contributed by atoms with van der Waals surface area (Å²) >= 11 is 0. The average Bonchev–Trinajstić information content (AvgIpc) is 3.25. The highest BCUT2D eigenvalue weighted by atomic mass is 19.1. The van der Waals surface area contributed by atoms with Crippen LogP contribution < -0.4 is 0 Å². The molecular formula is C20H23FN2O3. The number of carboxylic acids is 1. The molecule has 1 saturated heterocycles. The van der Waals surface area contributed by atoms with Crippen LogP contribution in [0.4, 0.5) is 4.39 Å². The van der Waals surface area contributed by atoms with Crippen molar-refractivity contribution in [1.29, 1.82) is 0 Å². The molecule has 0 spiro atoms. The molecule has 138 valence electrons. The molecule has 2 aliphatic carbocycles. The third-order valence-corrected chi connectivity index (χ3v) is 6.03. The average molecular weight is 358 g/mol. The Labute approximate surface area is 152 Å². The number of carbonyl (C=O) groups excluding carboxylic acids is 1. The van der Waals surface area contributed by atoms with Gasteiger partial charge in [-0.25, -0.2) is 4.39 Å². The second-order valence-corrected chi connectivity index (χ2v) is 7.57. The molecule has 0 radical (unpaired) electrons. The van der Waals surface area contributed by atoms with E-state index in [9.17, 15) is 19.1 Å². The van der Waals surface area contributed by atoms with Gasteiger partial charge in [0.1, 0.15) is 5.82 Å². The Hall–Kier alpha value is -2.21. The first-order valence-corrected chi connectivity index (χ1v) is 9.19. The number of nitrogens with zero attached hydrogens (tertiary/aromatic N) is 2. The SMILES string of the molecule is O=C(O)[C@H]1[C@@H](C(=O)N2CCN(Cc3ccc(F)cc3)CC2)[C@H]2C=C[C@@H]1C2. The molecule has 4 atom stereocenters. The van der Waals surface area contributed by atoms with Gasteiger partial charge in [-0.3, -0.25) is 14.5 Å². The molecule has 2 bridgehead atoms. The van der Waals surface area contributed by atoms with Gasteiger partial charge in [-0.15, -0.1) is 0 Å². The fourth-order valence-corrected chi connectivity index (χ4v) is 4.68. The number of carboxylic acid groups (broad SMARTS) is 1. The third kappa shape index (κ3) is 3.14. The Bertz CT molecular complexity index is 725. The van der Waals surface area contributed by atoms with Gasteiger partial charge in [0, 0.05) is 32.7 Å². The molecule has 1 saturated carbocycles. The van der Waals surface area contributed by atoms with Gasteiger partial charge in [0.15, 0.2) is 0 Å². The summed E-state index contributed by atoms with van der Waals surface area (Å²) in [4.78, 5) is 28.7. The topological polar surface area (TPSA) is 60.9 Å². The highest BCUT2D eigenvalue weighted by molar-refractivity contribution is 5.87. The molecule has 2 fully saturated rings. The summed E-state index contributed by atoms with van der Waals surface area (Å²) in [6.45, 7) is 3.46. The second-order valence-electron chi connectivity index (χ2n) is 7.57. The van der Waals surface area contributed by atoms with E-state index >= 15 is 0 Å². The van der Waals surface area contributed by atoms with E-state index in [1.807, 2.05) is 17.1 Å². The summed E-state index contributed by atoms with van der Waals surface area (Å²) in [6.07, 6.45) is 4.78. The van der Waals surface area contributed by atoms with Crippen LogP contribution in [-0.2, 0) is 16.1 Å². The van der Waals surface area contributed by atoms with Gasteiger partial charge in [0.25, 0.3) is 0 Å². The summed E-state index contributed by atoms with van der Waals surface area (Å²) in [5, 5.41) is 9.54. The first-order valence-electron chi connectivity index (χ1n) is 9.19. The van der Waals surface area contributed by atoms with Crippen molar-refractivity contribution in [3.05, 3.63) is 47.8 Å². The number of aliphatic carboxylic acids is 1. The molecule has 1 heterocycles. The number of carbonyl (C=O) groups is 2. The van der Waals surface area contributed by atoms with Gasteiger partial charge >= 0.3 is 5.97 Å². The number of hydrogen-bond donors (Lipinski definition) is 1. The van der Waals surface area contributed by atoms with E-state index in [0.29, 0.717) is 13.1 Å². The molecule has 6 heteroatoms. The van der Waals surface area contributed by atoms with Crippen molar-refractivity contribution in [2.24, 2.45) is 23.7 Å². The van der Waals surface area contributed by atoms with Crippen LogP contribution in [0, 0.1) is 29.5 Å². The maximum Gasteiger partial charge on any atom is 0.307 e. The molecule has 1 aromatic carbocycles. The molecule has 26 heavy (non-hydrogen) atoms. The molecule has 1 aliphatic heterocycles. The lowest BCUT2D eigenvalue weighted by molar-refractivity contribution is -0.151. The number of allylic oxidation sites excluding steroid dienone is 2. The Morgan fingerprint density at radius 1 is 1.00 bits per heavy atom. The van der Waals surface area contributed by atoms with Crippen molar-refractivity contribution in [3.8, 4) is 0 Å². The molecule has 1 amide bonds. The van der Waals surface area contributed by atoms with Crippen LogP contribution in [0.1, 0.15) is 12.0 Å². The molecule has 4 rings (SSSR count). The van der Waals surface area contributed by atoms with Crippen LogP contribution in [0.15, 0.2) is 36.4 Å². The fraction of sp³-hybridized carbons (Fsp3) is 0.500. The van der Waals surface area contributed by atoms with Gasteiger partial charge in [-0.1, -0.05) is 24.3 Å². The summed E-state index contributed by atoms with van der Waals surface area (Å²) in [7, 11) is 0. The number of hydrogen-bond acceptors (Lipinski definition) is 3. The van der Waals surface area contributed by atoms with E-state index in [1.165, 1.54) is 12.1 Å². The largest absolute Gasteiger partial charge is 0.481 e. The number of piperazine rings is 1. The standard InChI is InChI=1S/C20H23FN2O3/c21-16-5-1-13(2-6-16)12-22-7-9-23(10-8-22)19(24)17-14-3-4-15(11-14)18(17)20(25)26/h1-6,14-15,17-18H,7-12H2,(H,25,26)/t14-,15+,17-,18+/m0/s1. The second kappa shape index (κ2) is 6.83. The van der Waals surface area contributed by atoms with E-state index in [1.54, 1.807) is 12.1 Å². The number of rotatable bonds is 4. The smallest absolute Gasteiger partial charge is 0.307 e. The zero-order chi connectivity index (χ0) is 18.3. The van der Waals surface area contributed by atoms with Crippen LogP contribution in [0.3, 0.4) is 0 Å². The number of amides is 1. The first kappa shape index (κ1) is 17.2. The lowest BCUT2D eigenvalue weighted by atomic mass is 9.82. The van der Waals surface area contributed by atoms with Gasteiger partial charge in [0.2, 0.25) is 5.91 Å². The molecule has 5 nitrogen and oxygen atoms in total. The fourth-order valence-electron chi connectivity index (χ4n) is 4.68. The van der Waals surface area contributed by atoms with E-state index in [4.69, 9.17) is 0 Å². The Morgan fingerprint density at radius 2 is 1.62 bits per heavy atom. The molecule has 1 N–H and O–H groups in total. The Morgan fingerprint density at radius 3 is 2.23 bits per heavy atom. The minimum absolute atomic E-state index is 0.00400. The highest BCUT2D eigenvalue weighted by Gasteiger charge is 2.52. The maximum atomic E-state index is 13.0. The van der Waals surface area contributed by atoms with Crippen molar-refractivity contribution in [2.75, 3.05) is 26.2 Å². The summed E-state index contributed by atoms with van der Waals surface area (Å²) in [5.74, 6) is -2.00. The molecular weight excluding hydrogens is 335 g/mol. The monoisotopic (exact) mass is 358 g/mol. The summed E-state index contributed by atoms with van der Waals surface area (Å²) in [5.41, 5.74) is 1.05. The Balaban J connectivity index is 1.36. The van der Waals surface area contributed by atoms with Crippen molar-refractivity contribution < 1.29 is 19.1 Å². The van der Waals surface area contributed by atoms with Crippen LogP contribution in [0.5, 0.6) is 0 Å². The van der Waals surface area contributed by atoms with Gasteiger partial charge < -0.3 is 10.0 Å². The zero-order valence-corrected chi connectivity index (χ0v) is 14.6. The van der Waals surface area contributed by atoms with Crippen LogP contribution >= 0.6 is 0 Å². The van der Waals surface area contributed by atoms with Crippen molar-refractivity contribution in [3.63, 3.8) is 0 Å². The predicted molar refractivity (Wildman–Crippen MR) is 93.6 cm³/mol. The van der Waals surface area contributed by atoms with E-state index in [0.717, 1.165) is 31.6 Å². The molecule has 0 unspecified atom stereocenters. The normalized spacial score (nSPS) is 30.7. The van der Waals surface area contributed by atoms with Crippen LogP contribution in [-0.4, -0.2) is 53.0 Å². The van der Waals surface area contributed by atoms with Crippen molar-refractivity contribution in [2.45, 2.75) is 13.0 Å². The van der Waals surface area contributed by atoms with Gasteiger partial charge in [0.05, 0.1) is 11.8 Å². The van der Waals surface area contributed by atoms with Gasteiger partial charge in [-0.05, 0) is 36.0 Å². The Kier molecular flexibility index (Phi) is 4.53. The van der Waals surface area contributed by atoms with Gasteiger partial charge in [-0.2, -0.15) is 0 Å². The maximum absolute atomic E-state index is 13.0. The number of fused-ring (bicyclic) bond motifs is 2. The van der Waals surface area contributed by atoms with E-state index < -0.39 is 17.8 Å². The molecule has 1 aromatic rings. The summed E-state index contributed by atoms with van der Waals surface area (Å²) < 4.78 is 13.0. The lowest BCUT2D eigenvalue weighted by Gasteiger charge is -2.37. The number of halogens is 1. The number of benzene rings is 1. The zero-order valence-electron chi connectivity index (χ0n) is 14.6. The van der Waals surface area contributed by atoms with Crippen molar-refractivity contribution >= 4 is 11.9 Å². The first-order chi connectivity index (χ1) is 12.5. The van der Waals surface area contributed by atoms with Crippen LogP contribution in [0.2, 0.25) is 0 Å². The lowest BCUT2D eigenvalue weighted by Crippen LogP contribution is -2.52. The molecule has 3 aliphatic rings. The van der Waals surface area contributed by atoms with E-state index in [2.05, 4.69) is 4.90 Å². The van der Waals surface area contributed by atoms with Crippen LogP contribution in [0.25, 0.3) is 0 Å². The minimum Gasteiger partial charge on any atom is -0.481 e. The summed E-state index contributed by atoms with van der Waals surface area (Å²) in [6, 6.07) is 6.49. The quantitative estimate of drug-likeness (QED) is 0.837. The van der Waals surface area contributed by atoms with Crippen molar-refractivity contribution in [1.82, 2.24) is 9.80 Å². The molecule has 0 aromatic heterocycles. The third-order valence-electron chi connectivity index (χ3n) is 6.03. The highest BCUT2D eigenvalue weighted by Crippen LogP contribution is 2.48. The van der Waals surface area contributed by atoms with E-state index in [-0.39, 0.29) is 23.6 Å². The minimum atomic E-state index is -0.852.